The largest absolute Gasteiger partial charge is 0.508 e. The van der Waals surface area contributed by atoms with E-state index in [1.54, 1.807) is 6.07 Å². The summed E-state index contributed by atoms with van der Waals surface area (Å²) in [4.78, 5) is 14.3. The van der Waals surface area contributed by atoms with E-state index >= 15 is 8.78 Å². The van der Waals surface area contributed by atoms with Crippen LogP contribution in [0, 0.1) is 52.1 Å². The van der Waals surface area contributed by atoms with Crippen LogP contribution < -0.4 is 15.0 Å². The fourth-order valence-corrected chi connectivity index (χ4v) is 10.2. The van der Waals surface area contributed by atoms with Crippen molar-refractivity contribution in [2.45, 2.75) is 63.1 Å². The lowest BCUT2D eigenvalue weighted by Crippen LogP contribution is -2.66. The zero-order valence-electron chi connectivity index (χ0n) is 28.9. The van der Waals surface area contributed by atoms with Gasteiger partial charge < -0.3 is 29.7 Å². The van der Waals surface area contributed by atoms with Crippen LogP contribution in [0.15, 0.2) is 30.3 Å². The minimum atomic E-state index is -0.780. The fraction of sp³-hybridized carbons (Fsp3) is 0.488. The minimum Gasteiger partial charge on any atom is -0.508 e. The van der Waals surface area contributed by atoms with E-state index in [2.05, 4.69) is 32.1 Å². The molecule has 7 fully saturated rings. The number of phenols is 1. The Labute approximate surface area is 300 Å². The highest BCUT2D eigenvalue weighted by Crippen LogP contribution is 2.55. The van der Waals surface area contributed by atoms with Crippen molar-refractivity contribution in [1.29, 1.82) is 5.26 Å². The number of likely N-dealkylation sites (tertiary alicyclic amines) is 1. The molecule has 11 heteroatoms. The molecule has 3 aromatic carbocycles. The number of aromatic nitrogens is 2. The zero-order chi connectivity index (χ0) is 35.4. The molecule has 2 N–H and O–H groups in total. The average molecular weight is 703 g/mol. The lowest BCUT2D eigenvalue weighted by atomic mass is 9.59. The molecular weight excluding hydrogens is 662 g/mol. The van der Waals surface area contributed by atoms with Crippen LogP contribution in [-0.2, 0) is 4.74 Å². The number of aromatic hydroxyl groups is 1. The Morgan fingerprint density at radius 2 is 1.88 bits per heavy atom. The Kier molecular flexibility index (Phi) is 7.25. The highest BCUT2D eigenvalue weighted by molar-refractivity contribution is 6.05. The normalized spacial score (nSPS) is 26.7. The van der Waals surface area contributed by atoms with Gasteiger partial charge >= 0.3 is 6.01 Å². The third-order valence-corrected chi connectivity index (χ3v) is 13.0. The molecule has 0 amide bonds. The summed E-state index contributed by atoms with van der Waals surface area (Å²) >= 11 is 0. The second kappa shape index (κ2) is 11.7. The number of terminal acetylenes is 1. The standard InChI is InChI=1S/C41H40F2N6O3/c1-2-30-33(42)8-3-23-11-28(50)13-31(34(23)30)35-24(15-44)12-32-37(36(35)43)46-39(47-38(32)49-16-26-5-6-27(17-49)45-26)52-22-40(9-10-40)19-48-20-41(21-48)14-29-7-4-25(41)18-51-29/h1,3,8,11-13,25-27,29,45,50H,4-7,9-10,14,16-22H2. The Bertz CT molecular complexity index is 2220. The predicted molar refractivity (Wildman–Crippen MR) is 192 cm³/mol. The summed E-state index contributed by atoms with van der Waals surface area (Å²) in [6.45, 7) is 5.89. The maximum atomic E-state index is 17.3. The van der Waals surface area contributed by atoms with E-state index in [4.69, 9.17) is 20.9 Å². The third kappa shape index (κ3) is 5.12. The lowest BCUT2D eigenvalue weighted by Gasteiger charge is -2.61. The molecule has 2 aliphatic carbocycles. The summed E-state index contributed by atoms with van der Waals surface area (Å²) in [7, 11) is 0. The smallest absolute Gasteiger partial charge is 0.319 e. The molecule has 4 atom stereocenters. The summed E-state index contributed by atoms with van der Waals surface area (Å²) in [6.07, 6.45) is 14.0. The molecule has 52 heavy (non-hydrogen) atoms. The van der Waals surface area contributed by atoms with Crippen LogP contribution >= 0.6 is 0 Å². The van der Waals surface area contributed by atoms with Crippen molar-refractivity contribution in [2.75, 3.05) is 50.8 Å². The van der Waals surface area contributed by atoms with Gasteiger partial charge in [0.2, 0.25) is 0 Å². The van der Waals surface area contributed by atoms with Gasteiger partial charge in [-0.1, -0.05) is 12.0 Å². The van der Waals surface area contributed by atoms with E-state index in [-0.39, 0.29) is 62.4 Å². The van der Waals surface area contributed by atoms with Gasteiger partial charge in [0.1, 0.15) is 22.9 Å². The van der Waals surface area contributed by atoms with Crippen molar-refractivity contribution in [3.63, 3.8) is 0 Å². The maximum Gasteiger partial charge on any atom is 0.319 e. The zero-order valence-corrected chi connectivity index (χ0v) is 28.9. The molecule has 7 aliphatic rings. The molecular formula is C41H40F2N6O3. The highest BCUT2D eigenvalue weighted by atomic mass is 19.1. The number of ether oxygens (including phenoxy) is 2. The minimum absolute atomic E-state index is 0.000801. The molecule has 0 radical (unpaired) electrons. The molecule has 9 nitrogen and oxygen atoms in total. The molecule has 2 saturated carbocycles. The number of nitriles is 1. The Morgan fingerprint density at radius 3 is 2.56 bits per heavy atom. The summed E-state index contributed by atoms with van der Waals surface area (Å²) in [5, 5.41) is 25.8. The number of rotatable bonds is 7. The molecule has 5 aliphatic heterocycles. The average Bonchev–Trinajstić information content (AvgIpc) is 3.83. The third-order valence-electron chi connectivity index (χ3n) is 13.0. The van der Waals surface area contributed by atoms with Gasteiger partial charge in [-0.05, 0) is 86.1 Å². The number of benzene rings is 3. The number of nitrogens with zero attached hydrogens (tertiary/aromatic N) is 5. The van der Waals surface area contributed by atoms with Crippen LogP contribution in [0.3, 0.4) is 0 Å². The quantitative estimate of drug-likeness (QED) is 0.228. The Hall–Kier alpha value is -4.55. The van der Waals surface area contributed by atoms with Crippen LogP contribution in [0.4, 0.5) is 14.6 Å². The highest BCUT2D eigenvalue weighted by Gasteiger charge is 2.57. The van der Waals surface area contributed by atoms with Crippen molar-refractivity contribution in [3.8, 4) is 41.3 Å². The number of phenolic OH excluding ortho intramolecular Hbond substituents is 1. The van der Waals surface area contributed by atoms with E-state index in [0.29, 0.717) is 53.7 Å². The number of nitrogens with one attached hydrogen (secondary N) is 1. The SMILES string of the molecule is C#Cc1c(F)ccc2cc(O)cc(-c3c(C#N)cc4c(N5CC6CCC(C5)N6)nc(OCC5(CN6CC7(CC8CCC7CO8)C6)CC5)nc4c3F)c12. The van der Waals surface area contributed by atoms with E-state index in [1.807, 2.05) is 0 Å². The van der Waals surface area contributed by atoms with Gasteiger partial charge in [-0.25, -0.2) is 8.78 Å². The number of halogens is 2. The Balaban J connectivity index is 1.03. The van der Waals surface area contributed by atoms with E-state index in [9.17, 15) is 10.4 Å². The van der Waals surface area contributed by atoms with Gasteiger partial charge in [-0.3, -0.25) is 0 Å². The molecule has 4 bridgehead atoms. The summed E-state index contributed by atoms with van der Waals surface area (Å²) in [6, 6.07) is 9.87. The first-order valence-corrected chi connectivity index (χ1v) is 18.6. The van der Waals surface area contributed by atoms with Gasteiger partial charge in [-0.15, -0.1) is 6.42 Å². The monoisotopic (exact) mass is 702 g/mol. The molecule has 5 saturated heterocycles. The predicted octanol–water partition coefficient (Wildman–Crippen LogP) is 5.89. The van der Waals surface area contributed by atoms with Crippen molar-refractivity contribution in [2.24, 2.45) is 16.7 Å². The number of anilines is 1. The summed E-state index contributed by atoms with van der Waals surface area (Å²) in [5.74, 6) is 1.98. The Morgan fingerprint density at radius 1 is 1.08 bits per heavy atom. The molecule has 4 aromatic rings. The first kappa shape index (κ1) is 32.1. The van der Waals surface area contributed by atoms with Gasteiger partial charge in [-0.2, -0.15) is 15.2 Å². The van der Waals surface area contributed by atoms with E-state index in [0.717, 1.165) is 51.9 Å². The summed E-state index contributed by atoms with van der Waals surface area (Å²) < 4.78 is 44.7. The van der Waals surface area contributed by atoms with Crippen molar-refractivity contribution >= 4 is 27.5 Å². The van der Waals surface area contributed by atoms with Crippen molar-refractivity contribution < 1.29 is 23.4 Å². The van der Waals surface area contributed by atoms with Crippen molar-refractivity contribution in [1.82, 2.24) is 20.2 Å². The molecule has 11 rings (SSSR count). The maximum absolute atomic E-state index is 17.3. The molecule has 4 unspecified atom stereocenters. The van der Waals surface area contributed by atoms with Gasteiger partial charge in [0.25, 0.3) is 0 Å². The van der Waals surface area contributed by atoms with Crippen LogP contribution in [-0.4, -0.2) is 84.1 Å². The first-order chi connectivity index (χ1) is 25.2. The van der Waals surface area contributed by atoms with Gasteiger partial charge in [0.15, 0.2) is 5.82 Å². The fourth-order valence-electron chi connectivity index (χ4n) is 10.2. The van der Waals surface area contributed by atoms with Gasteiger partial charge in [0, 0.05) is 72.0 Å². The number of fused-ring (bicyclic) bond motifs is 6. The topological polar surface area (TPSA) is 107 Å². The van der Waals surface area contributed by atoms with Crippen LogP contribution in [0.5, 0.6) is 11.8 Å². The van der Waals surface area contributed by atoms with Crippen molar-refractivity contribution in [3.05, 3.63) is 53.1 Å². The lowest BCUT2D eigenvalue weighted by molar-refractivity contribution is -0.192. The summed E-state index contributed by atoms with van der Waals surface area (Å²) in [5.41, 5.74) is 0.337. The molecule has 266 valence electrons. The second-order valence-corrected chi connectivity index (χ2v) is 16.4. The molecule has 1 aromatic heterocycles. The van der Waals surface area contributed by atoms with Crippen LogP contribution in [0.25, 0.3) is 32.8 Å². The van der Waals surface area contributed by atoms with Crippen LogP contribution in [0.1, 0.15) is 56.1 Å². The molecule has 1 spiro atoms. The second-order valence-electron chi connectivity index (χ2n) is 16.4. The van der Waals surface area contributed by atoms with E-state index in [1.165, 1.54) is 43.5 Å². The number of hydrogen-bond donors (Lipinski definition) is 2. The van der Waals surface area contributed by atoms with Crippen LogP contribution in [0.2, 0.25) is 0 Å². The van der Waals surface area contributed by atoms with E-state index < -0.39 is 11.6 Å². The van der Waals surface area contributed by atoms with Gasteiger partial charge in [0.05, 0.1) is 36.5 Å². The number of hydrogen-bond acceptors (Lipinski definition) is 9. The first-order valence-electron chi connectivity index (χ1n) is 18.6. The molecule has 6 heterocycles. The number of piperazine rings is 1.